The summed E-state index contributed by atoms with van der Waals surface area (Å²) in [6.07, 6.45) is 2.60. The van der Waals surface area contributed by atoms with Crippen molar-refractivity contribution in [2.45, 2.75) is 26.0 Å². The van der Waals surface area contributed by atoms with Crippen LogP contribution < -0.4 is 15.8 Å². The lowest BCUT2D eigenvalue weighted by atomic mass is 10.1. The second-order valence-electron chi connectivity index (χ2n) is 5.21. The SMILES string of the molecule is CCn1cc(N)cc1C(=O)NCC1Cc2ccccc2O1. The average Bonchev–Trinajstić information content (AvgIpc) is 3.07. The van der Waals surface area contributed by atoms with Crippen LogP contribution in [0.5, 0.6) is 5.75 Å². The molecule has 0 saturated heterocycles. The molecule has 5 nitrogen and oxygen atoms in total. The van der Waals surface area contributed by atoms with Gasteiger partial charge in [0, 0.05) is 19.2 Å². The molecule has 1 unspecified atom stereocenters. The molecule has 0 aliphatic carbocycles. The molecule has 0 bridgehead atoms. The highest BCUT2D eigenvalue weighted by Gasteiger charge is 2.23. The number of aryl methyl sites for hydroxylation is 1. The van der Waals surface area contributed by atoms with Crippen molar-refractivity contribution in [2.24, 2.45) is 0 Å². The van der Waals surface area contributed by atoms with Gasteiger partial charge in [0.25, 0.3) is 5.91 Å². The van der Waals surface area contributed by atoms with Crippen LogP contribution in [0.15, 0.2) is 36.5 Å². The number of fused-ring (bicyclic) bond motifs is 1. The fourth-order valence-corrected chi connectivity index (χ4v) is 2.65. The first kappa shape index (κ1) is 13.5. The van der Waals surface area contributed by atoms with E-state index in [-0.39, 0.29) is 12.0 Å². The number of benzene rings is 1. The summed E-state index contributed by atoms with van der Waals surface area (Å²) in [5.41, 5.74) is 8.13. The van der Waals surface area contributed by atoms with Gasteiger partial charge < -0.3 is 20.4 Å². The largest absolute Gasteiger partial charge is 0.488 e. The quantitative estimate of drug-likeness (QED) is 0.900. The van der Waals surface area contributed by atoms with Crippen molar-refractivity contribution < 1.29 is 9.53 Å². The maximum atomic E-state index is 12.2. The molecule has 0 radical (unpaired) electrons. The van der Waals surface area contributed by atoms with E-state index in [0.29, 0.717) is 24.5 Å². The first-order chi connectivity index (χ1) is 10.2. The summed E-state index contributed by atoms with van der Waals surface area (Å²) >= 11 is 0. The van der Waals surface area contributed by atoms with Gasteiger partial charge in [-0.1, -0.05) is 18.2 Å². The van der Waals surface area contributed by atoms with Crippen molar-refractivity contribution in [3.05, 3.63) is 47.8 Å². The van der Waals surface area contributed by atoms with Gasteiger partial charge in [-0.3, -0.25) is 4.79 Å². The van der Waals surface area contributed by atoms with Crippen LogP contribution in [0.4, 0.5) is 5.69 Å². The van der Waals surface area contributed by atoms with Crippen molar-refractivity contribution in [1.29, 1.82) is 0 Å². The third kappa shape index (κ3) is 2.72. The van der Waals surface area contributed by atoms with Crippen LogP contribution >= 0.6 is 0 Å². The second-order valence-corrected chi connectivity index (χ2v) is 5.21. The third-order valence-corrected chi connectivity index (χ3v) is 3.70. The molecule has 0 spiro atoms. The van der Waals surface area contributed by atoms with E-state index in [1.807, 2.05) is 29.7 Å². The Balaban J connectivity index is 1.60. The van der Waals surface area contributed by atoms with Gasteiger partial charge in [-0.15, -0.1) is 0 Å². The van der Waals surface area contributed by atoms with Gasteiger partial charge in [-0.25, -0.2) is 0 Å². The molecule has 1 amide bonds. The Labute approximate surface area is 123 Å². The molecule has 3 N–H and O–H groups in total. The Kier molecular flexibility index (Phi) is 3.56. The maximum Gasteiger partial charge on any atom is 0.268 e. The number of para-hydroxylation sites is 1. The highest BCUT2D eigenvalue weighted by molar-refractivity contribution is 5.93. The van der Waals surface area contributed by atoms with E-state index >= 15 is 0 Å². The highest BCUT2D eigenvalue weighted by atomic mass is 16.5. The van der Waals surface area contributed by atoms with Crippen molar-refractivity contribution in [1.82, 2.24) is 9.88 Å². The standard InChI is InChI=1S/C16H19N3O2/c1-2-19-10-12(17)8-14(19)16(20)18-9-13-7-11-5-3-4-6-15(11)21-13/h3-6,8,10,13H,2,7,9,17H2,1H3,(H,18,20). The lowest BCUT2D eigenvalue weighted by Gasteiger charge is -2.12. The molecule has 1 aliphatic heterocycles. The number of ether oxygens (including phenoxy) is 1. The molecule has 110 valence electrons. The number of carbonyl (C=O) groups excluding carboxylic acids is 1. The topological polar surface area (TPSA) is 69.3 Å². The van der Waals surface area contributed by atoms with Gasteiger partial charge in [-0.05, 0) is 24.6 Å². The van der Waals surface area contributed by atoms with E-state index in [0.717, 1.165) is 12.2 Å². The molecule has 1 aromatic carbocycles. The number of aromatic nitrogens is 1. The van der Waals surface area contributed by atoms with Crippen molar-refractivity contribution in [3.63, 3.8) is 0 Å². The fourth-order valence-electron chi connectivity index (χ4n) is 2.65. The number of anilines is 1. The van der Waals surface area contributed by atoms with Gasteiger partial charge in [0.05, 0.1) is 12.2 Å². The minimum Gasteiger partial charge on any atom is -0.488 e. The number of nitrogens with two attached hydrogens (primary N) is 1. The van der Waals surface area contributed by atoms with Crippen molar-refractivity contribution >= 4 is 11.6 Å². The Morgan fingerprint density at radius 3 is 3.05 bits per heavy atom. The second kappa shape index (κ2) is 5.52. The number of carbonyl (C=O) groups is 1. The highest BCUT2D eigenvalue weighted by Crippen LogP contribution is 2.27. The van der Waals surface area contributed by atoms with Gasteiger partial charge >= 0.3 is 0 Å². The summed E-state index contributed by atoms with van der Waals surface area (Å²) in [7, 11) is 0. The molecule has 1 aromatic heterocycles. The zero-order chi connectivity index (χ0) is 14.8. The molecule has 2 heterocycles. The smallest absolute Gasteiger partial charge is 0.268 e. The molecule has 5 heteroatoms. The molecule has 1 aliphatic rings. The Hall–Kier alpha value is -2.43. The lowest BCUT2D eigenvalue weighted by molar-refractivity contribution is 0.0924. The van der Waals surface area contributed by atoms with Crippen LogP contribution in [0, 0.1) is 0 Å². The van der Waals surface area contributed by atoms with Crippen molar-refractivity contribution in [2.75, 3.05) is 12.3 Å². The number of nitrogens with zero attached hydrogens (tertiary/aromatic N) is 1. The lowest BCUT2D eigenvalue weighted by Crippen LogP contribution is -2.35. The van der Waals surface area contributed by atoms with E-state index in [1.165, 1.54) is 5.56 Å². The van der Waals surface area contributed by atoms with E-state index in [1.54, 1.807) is 12.3 Å². The monoisotopic (exact) mass is 285 g/mol. The first-order valence-corrected chi connectivity index (χ1v) is 7.15. The van der Waals surface area contributed by atoms with Gasteiger partial charge in [0.15, 0.2) is 0 Å². The number of hydrogen-bond acceptors (Lipinski definition) is 3. The van der Waals surface area contributed by atoms with Crippen LogP contribution in [-0.4, -0.2) is 23.1 Å². The molecular formula is C16H19N3O2. The summed E-state index contributed by atoms with van der Waals surface area (Å²) in [6.45, 7) is 3.18. The third-order valence-electron chi connectivity index (χ3n) is 3.70. The predicted molar refractivity (Wildman–Crippen MR) is 81.4 cm³/mol. The number of nitrogen functional groups attached to an aromatic ring is 1. The Bertz CT molecular complexity index is 638. The van der Waals surface area contributed by atoms with Crippen LogP contribution in [0.25, 0.3) is 0 Å². The predicted octanol–water partition coefficient (Wildman–Crippen LogP) is 1.82. The summed E-state index contributed by atoms with van der Waals surface area (Å²) in [6, 6.07) is 9.67. The number of rotatable bonds is 4. The van der Waals surface area contributed by atoms with E-state index in [9.17, 15) is 4.79 Å². The molecule has 2 aromatic rings. The summed E-state index contributed by atoms with van der Waals surface area (Å²) in [5.74, 6) is 0.797. The molecular weight excluding hydrogens is 266 g/mol. The van der Waals surface area contributed by atoms with E-state index in [2.05, 4.69) is 11.4 Å². The van der Waals surface area contributed by atoms with Crippen LogP contribution in [0.1, 0.15) is 23.0 Å². The van der Waals surface area contributed by atoms with Crippen molar-refractivity contribution in [3.8, 4) is 5.75 Å². The van der Waals surface area contributed by atoms with Gasteiger partial charge in [0.2, 0.25) is 0 Å². The van der Waals surface area contributed by atoms with E-state index in [4.69, 9.17) is 10.5 Å². The molecule has 0 saturated carbocycles. The Morgan fingerprint density at radius 1 is 1.48 bits per heavy atom. The summed E-state index contributed by atoms with van der Waals surface area (Å²) < 4.78 is 7.65. The normalized spacial score (nSPS) is 16.3. The summed E-state index contributed by atoms with van der Waals surface area (Å²) in [4.78, 5) is 12.2. The minimum atomic E-state index is -0.117. The first-order valence-electron chi connectivity index (χ1n) is 7.15. The zero-order valence-electron chi connectivity index (χ0n) is 12.0. The summed E-state index contributed by atoms with van der Waals surface area (Å²) in [5, 5.41) is 2.92. The van der Waals surface area contributed by atoms with Crippen LogP contribution in [0.2, 0.25) is 0 Å². The van der Waals surface area contributed by atoms with E-state index < -0.39 is 0 Å². The molecule has 3 rings (SSSR count). The van der Waals surface area contributed by atoms with Gasteiger partial charge in [-0.2, -0.15) is 0 Å². The van der Waals surface area contributed by atoms with Gasteiger partial charge in [0.1, 0.15) is 17.5 Å². The maximum absolute atomic E-state index is 12.2. The van der Waals surface area contributed by atoms with Crippen LogP contribution in [-0.2, 0) is 13.0 Å². The zero-order valence-corrected chi connectivity index (χ0v) is 12.0. The average molecular weight is 285 g/mol. The Morgan fingerprint density at radius 2 is 2.29 bits per heavy atom. The fraction of sp³-hybridized carbons (Fsp3) is 0.312. The molecule has 0 fully saturated rings. The number of amides is 1. The van der Waals surface area contributed by atoms with Crippen LogP contribution in [0.3, 0.4) is 0 Å². The molecule has 21 heavy (non-hydrogen) atoms. The number of hydrogen-bond donors (Lipinski definition) is 2. The molecule has 1 atom stereocenters. The minimum absolute atomic E-state index is 0.00580. The number of nitrogens with one attached hydrogen (secondary N) is 1.